The number of aromatic hydroxyl groups is 1. The third-order valence-corrected chi connectivity index (χ3v) is 3.41. The number of allylic oxidation sites excluding steroid dienone is 4. The minimum Gasteiger partial charge on any atom is -0.504 e. The van der Waals surface area contributed by atoms with E-state index in [0.717, 1.165) is 13.1 Å². The van der Waals surface area contributed by atoms with Crippen LogP contribution in [-0.2, 0) is 9.53 Å². The van der Waals surface area contributed by atoms with Crippen molar-refractivity contribution in [2.24, 2.45) is 0 Å². The van der Waals surface area contributed by atoms with Crippen molar-refractivity contribution in [2.45, 2.75) is 0 Å². The Labute approximate surface area is 125 Å². The molecule has 1 fully saturated rings. The lowest BCUT2D eigenvalue weighted by atomic mass is 10.1. The van der Waals surface area contributed by atoms with Gasteiger partial charge in [0, 0.05) is 30.9 Å². The predicted octanol–water partition coefficient (Wildman–Crippen LogP) is -0.739. The smallest absolute Gasteiger partial charge is 0.263 e. The fourth-order valence-corrected chi connectivity index (χ4v) is 2.26. The normalized spacial score (nSPS) is 19.1. The summed E-state index contributed by atoms with van der Waals surface area (Å²) < 4.78 is 10.9. The molecule has 1 aliphatic heterocycles. The predicted molar refractivity (Wildman–Crippen MR) is 79.4 cm³/mol. The van der Waals surface area contributed by atoms with Crippen LogP contribution in [0.2, 0.25) is 0 Å². The van der Waals surface area contributed by atoms with Crippen LogP contribution in [0.15, 0.2) is 39.6 Å². The lowest BCUT2D eigenvalue weighted by molar-refractivity contribution is -0.110. The van der Waals surface area contributed by atoms with Crippen LogP contribution < -0.4 is 16.3 Å². The fraction of sp³-hybridized carbons (Fsp3) is 0.250. The summed E-state index contributed by atoms with van der Waals surface area (Å²) in [7, 11) is 0. The van der Waals surface area contributed by atoms with Crippen LogP contribution in [0.3, 0.4) is 0 Å². The van der Waals surface area contributed by atoms with E-state index in [1.165, 1.54) is 30.4 Å². The van der Waals surface area contributed by atoms with Gasteiger partial charge in [-0.05, 0) is 24.3 Å². The molecule has 1 N–H and O–H groups in total. The van der Waals surface area contributed by atoms with Crippen molar-refractivity contribution in [1.82, 2.24) is 4.90 Å². The Morgan fingerprint density at radius 2 is 1.77 bits per heavy atom. The standard InChI is InChI=1S/C16H15NO5/c18-12-3-1-11(2-4-12)16-15(20)14(19)9-13(22-16)10-17-5-7-21-8-6-17/h1-4,9-10,19H,5-8H2/b13-10+. The van der Waals surface area contributed by atoms with Crippen molar-refractivity contribution in [2.75, 3.05) is 26.3 Å². The van der Waals surface area contributed by atoms with Crippen molar-refractivity contribution < 1.29 is 19.1 Å². The molecule has 6 nitrogen and oxygen atoms in total. The van der Waals surface area contributed by atoms with Crippen LogP contribution in [0.5, 0.6) is 5.75 Å². The summed E-state index contributed by atoms with van der Waals surface area (Å²) in [5, 5.41) is 9.83. The fourth-order valence-electron chi connectivity index (χ4n) is 2.26. The lowest BCUT2D eigenvalue weighted by Crippen LogP contribution is -2.35. The van der Waals surface area contributed by atoms with E-state index in [4.69, 9.17) is 9.15 Å². The first-order valence-electron chi connectivity index (χ1n) is 6.95. The van der Waals surface area contributed by atoms with Gasteiger partial charge in [-0.2, -0.15) is 0 Å². The molecule has 22 heavy (non-hydrogen) atoms. The van der Waals surface area contributed by atoms with Gasteiger partial charge in [0.15, 0.2) is 16.9 Å². The van der Waals surface area contributed by atoms with Gasteiger partial charge in [-0.15, -0.1) is 0 Å². The molecule has 6 heteroatoms. The highest BCUT2D eigenvalue weighted by Crippen LogP contribution is 2.05. The van der Waals surface area contributed by atoms with Gasteiger partial charge in [0.2, 0.25) is 0 Å². The van der Waals surface area contributed by atoms with Crippen LogP contribution in [0.1, 0.15) is 0 Å². The summed E-state index contributed by atoms with van der Waals surface area (Å²) in [5.41, 5.74) is 0.245. The number of hydrogen-bond donors (Lipinski definition) is 1. The van der Waals surface area contributed by atoms with Gasteiger partial charge in [-0.3, -0.25) is 9.59 Å². The van der Waals surface area contributed by atoms with E-state index in [1.54, 1.807) is 6.20 Å². The number of hydrogen-bond acceptors (Lipinski definition) is 6. The molecule has 0 saturated carbocycles. The van der Waals surface area contributed by atoms with Crippen LogP contribution in [0, 0.1) is 0 Å². The Kier molecular flexibility index (Phi) is 3.93. The Balaban J connectivity index is 2.12. The van der Waals surface area contributed by atoms with E-state index in [-0.39, 0.29) is 16.9 Å². The van der Waals surface area contributed by atoms with Gasteiger partial charge < -0.3 is 19.2 Å². The zero-order valence-electron chi connectivity index (χ0n) is 11.8. The summed E-state index contributed by atoms with van der Waals surface area (Å²) in [4.78, 5) is 25.2. The molecule has 0 unspecified atom stereocenters. The zero-order chi connectivity index (χ0) is 15.5. The highest BCUT2D eigenvalue weighted by Gasteiger charge is 2.09. The minimum absolute atomic E-state index is 0.0134. The van der Waals surface area contributed by atoms with Crippen LogP contribution in [-0.4, -0.2) is 42.1 Å². The number of carbonyl (C=O) groups is 1. The first kappa shape index (κ1) is 14.3. The summed E-state index contributed by atoms with van der Waals surface area (Å²) in [6.07, 6.45) is 7.44. The minimum atomic E-state index is -0.599. The van der Waals surface area contributed by atoms with Gasteiger partial charge in [0.05, 0.1) is 13.2 Å². The van der Waals surface area contributed by atoms with Crippen LogP contribution in [0.25, 0.3) is 11.8 Å². The summed E-state index contributed by atoms with van der Waals surface area (Å²) >= 11 is 0. The molecule has 2 heterocycles. The summed E-state index contributed by atoms with van der Waals surface area (Å²) in [6, 6.07) is 1.29. The second-order valence-corrected chi connectivity index (χ2v) is 4.99. The van der Waals surface area contributed by atoms with Gasteiger partial charge in [-0.25, -0.2) is 0 Å². The van der Waals surface area contributed by atoms with Crippen molar-refractivity contribution in [1.29, 1.82) is 0 Å². The van der Waals surface area contributed by atoms with E-state index in [2.05, 4.69) is 0 Å². The quantitative estimate of drug-likeness (QED) is 0.736. The van der Waals surface area contributed by atoms with E-state index >= 15 is 0 Å². The van der Waals surface area contributed by atoms with Crippen LogP contribution >= 0.6 is 0 Å². The van der Waals surface area contributed by atoms with E-state index < -0.39 is 5.43 Å². The van der Waals surface area contributed by atoms with Crippen molar-refractivity contribution >= 4 is 17.6 Å². The first-order valence-corrected chi connectivity index (χ1v) is 6.95. The Morgan fingerprint density at radius 3 is 2.45 bits per heavy atom. The molecule has 1 saturated heterocycles. The molecule has 0 bridgehead atoms. The molecule has 2 aliphatic rings. The second kappa shape index (κ2) is 6.03. The maximum Gasteiger partial charge on any atom is 0.263 e. The summed E-state index contributed by atoms with van der Waals surface area (Å²) in [6.45, 7) is 2.69. The number of morpholine rings is 1. The maximum atomic E-state index is 12.0. The molecule has 1 aromatic rings. The van der Waals surface area contributed by atoms with Gasteiger partial charge >= 0.3 is 0 Å². The highest BCUT2D eigenvalue weighted by molar-refractivity contribution is 6.04. The molecule has 1 aliphatic carbocycles. The molecular formula is C16H15NO5. The van der Waals surface area contributed by atoms with E-state index in [9.17, 15) is 14.7 Å². The SMILES string of the molecule is O=C1C=CC(=c2o/c(=C/N3CCOCC3)cc(O)c2=O)C=C1. The van der Waals surface area contributed by atoms with E-state index in [0.29, 0.717) is 24.2 Å². The number of nitrogens with zero attached hydrogens (tertiary/aromatic N) is 1. The zero-order valence-corrected chi connectivity index (χ0v) is 11.8. The molecule has 0 spiro atoms. The van der Waals surface area contributed by atoms with Crippen molar-refractivity contribution in [3.8, 4) is 5.75 Å². The Hall–Kier alpha value is -2.60. The number of carbonyl (C=O) groups excluding carboxylic acids is 1. The molecule has 0 amide bonds. The van der Waals surface area contributed by atoms with Crippen molar-refractivity contribution in [3.05, 3.63) is 51.4 Å². The average Bonchev–Trinajstić information content (AvgIpc) is 2.53. The topological polar surface area (TPSA) is 80.0 Å². The Morgan fingerprint density at radius 1 is 1.09 bits per heavy atom. The number of ether oxygens (including phenoxy) is 1. The highest BCUT2D eigenvalue weighted by atomic mass is 16.5. The Bertz CT molecular complexity index is 807. The van der Waals surface area contributed by atoms with Crippen molar-refractivity contribution in [3.63, 3.8) is 0 Å². The van der Waals surface area contributed by atoms with Gasteiger partial charge in [0.25, 0.3) is 5.43 Å². The monoisotopic (exact) mass is 301 g/mol. The molecule has 1 aromatic heterocycles. The van der Waals surface area contributed by atoms with Gasteiger partial charge in [0.1, 0.15) is 5.42 Å². The molecular weight excluding hydrogens is 286 g/mol. The third kappa shape index (κ3) is 3.01. The molecule has 114 valence electrons. The molecule has 0 aromatic carbocycles. The molecule has 0 radical (unpaired) electrons. The number of ketones is 1. The van der Waals surface area contributed by atoms with E-state index in [1.807, 2.05) is 4.90 Å². The summed E-state index contributed by atoms with van der Waals surface area (Å²) in [5.74, 6) is -0.539. The average molecular weight is 301 g/mol. The maximum absolute atomic E-state index is 12.0. The largest absolute Gasteiger partial charge is 0.504 e. The van der Waals surface area contributed by atoms with Crippen LogP contribution in [0.4, 0.5) is 0 Å². The van der Waals surface area contributed by atoms with Gasteiger partial charge in [-0.1, -0.05) is 0 Å². The first-order chi connectivity index (χ1) is 10.6. The molecule has 3 rings (SSSR count). The molecule has 0 atom stereocenters. The lowest BCUT2D eigenvalue weighted by Gasteiger charge is -2.24. The number of rotatable bonds is 1. The second-order valence-electron chi connectivity index (χ2n) is 4.99. The third-order valence-electron chi connectivity index (χ3n) is 3.41.